The number of hydrogen-bond donors (Lipinski definition) is 1. The molecular weight excluding hydrogens is 254 g/mol. The summed E-state index contributed by atoms with van der Waals surface area (Å²) in [6, 6.07) is 7.84. The van der Waals surface area contributed by atoms with E-state index < -0.39 is 5.54 Å². The van der Waals surface area contributed by atoms with Crippen molar-refractivity contribution in [2.75, 3.05) is 13.7 Å². The van der Waals surface area contributed by atoms with E-state index in [1.165, 1.54) is 7.11 Å². The average Bonchev–Trinajstić information content (AvgIpc) is 2.38. The molecule has 0 fully saturated rings. The van der Waals surface area contributed by atoms with E-state index >= 15 is 0 Å². The van der Waals surface area contributed by atoms with Crippen LogP contribution in [0.3, 0.4) is 0 Å². The van der Waals surface area contributed by atoms with Crippen molar-refractivity contribution in [2.24, 2.45) is 0 Å². The van der Waals surface area contributed by atoms with Gasteiger partial charge in [0, 0.05) is 0 Å². The van der Waals surface area contributed by atoms with Gasteiger partial charge < -0.3 is 14.8 Å². The fourth-order valence-corrected chi connectivity index (χ4v) is 2.19. The van der Waals surface area contributed by atoms with Gasteiger partial charge in [-0.1, -0.05) is 19.1 Å². The summed E-state index contributed by atoms with van der Waals surface area (Å²) in [6.45, 7) is 8.79. The van der Waals surface area contributed by atoms with Gasteiger partial charge in [-0.15, -0.1) is 0 Å². The van der Waals surface area contributed by atoms with Crippen LogP contribution in [0.1, 0.15) is 39.7 Å². The van der Waals surface area contributed by atoms with Crippen molar-refractivity contribution in [1.29, 1.82) is 0 Å². The van der Waals surface area contributed by atoms with Crippen molar-refractivity contribution >= 4 is 5.97 Å². The molecule has 0 spiro atoms. The van der Waals surface area contributed by atoms with E-state index in [4.69, 9.17) is 9.47 Å². The molecule has 1 aromatic rings. The molecule has 20 heavy (non-hydrogen) atoms. The van der Waals surface area contributed by atoms with E-state index in [0.29, 0.717) is 6.42 Å². The lowest BCUT2D eigenvalue weighted by Gasteiger charge is -2.30. The number of carbonyl (C=O) groups excluding carboxylic acids is 1. The number of ether oxygens (including phenoxy) is 2. The van der Waals surface area contributed by atoms with Crippen molar-refractivity contribution in [3.05, 3.63) is 29.8 Å². The first-order valence-electron chi connectivity index (χ1n) is 7.00. The summed E-state index contributed by atoms with van der Waals surface area (Å²) in [5.74, 6) is 0.608. The second-order valence-electron chi connectivity index (χ2n) is 5.31. The van der Waals surface area contributed by atoms with E-state index in [0.717, 1.165) is 17.9 Å². The highest BCUT2D eigenvalue weighted by atomic mass is 16.5. The minimum absolute atomic E-state index is 0.149. The molecule has 4 heteroatoms. The molecule has 0 aromatic heterocycles. The van der Waals surface area contributed by atoms with Gasteiger partial charge in [0.1, 0.15) is 5.75 Å². The Morgan fingerprint density at radius 2 is 1.90 bits per heavy atom. The molecular formula is C16H25NO3. The highest BCUT2D eigenvalue weighted by Gasteiger charge is 2.29. The third-order valence-corrected chi connectivity index (χ3v) is 3.16. The Morgan fingerprint density at radius 1 is 1.30 bits per heavy atom. The zero-order valence-corrected chi connectivity index (χ0v) is 13.0. The number of benzene rings is 1. The Kier molecular flexibility index (Phi) is 6.02. The molecule has 0 saturated carbocycles. The fraction of sp³-hybridized carbons (Fsp3) is 0.562. The minimum Gasteiger partial charge on any atom is -0.491 e. The molecule has 0 bridgehead atoms. The van der Waals surface area contributed by atoms with Crippen molar-refractivity contribution in [3.63, 3.8) is 0 Å². The maximum Gasteiger partial charge on any atom is 0.307 e. The number of rotatable bonds is 7. The van der Waals surface area contributed by atoms with Crippen LogP contribution in [0.5, 0.6) is 5.75 Å². The van der Waals surface area contributed by atoms with Crippen LogP contribution in [0, 0.1) is 0 Å². The van der Waals surface area contributed by atoms with Gasteiger partial charge in [-0.25, -0.2) is 0 Å². The summed E-state index contributed by atoms with van der Waals surface area (Å²) in [4.78, 5) is 11.6. The first-order valence-corrected chi connectivity index (χ1v) is 7.00. The topological polar surface area (TPSA) is 47.6 Å². The van der Waals surface area contributed by atoms with Crippen LogP contribution in [0.25, 0.3) is 0 Å². The molecule has 0 saturated heterocycles. The summed E-state index contributed by atoms with van der Waals surface area (Å²) in [5.41, 5.74) is 0.610. The lowest BCUT2D eigenvalue weighted by molar-refractivity contribution is -0.142. The van der Waals surface area contributed by atoms with Crippen LogP contribution >= 0.6 is 0 Å². The standard InChI is InChI=1S/C16H25NO3/c1-6-17-16(4,11-15(18)19-5)13-7-9-14(10-8-13)20-12(2)3/h7-10,12,17H,6,11H2,1-5H3. The van der Waals surface area contributed by atoms with Crippen LogP contribution < -0.4 is 10.1 Å². The first kappa shape index (κ1) is 16.5. The van der Waals surface area contributed by atoms with Crippen LogP contribution in [-0.2, 0) is 15.1 Å². The van der Waals surface area contributed by atoms with E-state index in [-0.39, 0.29) is 12.1 Å². The minimum atomic E-state index is -0.432. The molecule has 112 valence electrons. The molecule has 1 atom stereocenters. The van der Waals surface area contributed by atoms with Crippen LogP contribution in [0.2, 0.25) is 0 Å². The summed E-state index contributed by atoms with van der Waals surface area (Å²) in [7, 11) is 1.41. The van der Waals surface area contributed by atoms with Crippen LogP contribution in [0.4, 0.5) is 0 Å². The Morgan fingerprint density at radius 3 is 2.35 bits per heavy atom. The van der Waals surface area contributed by atoms with Gasteiger partial charge in [0.15, 0.2) is 0 Å². The molecule has 0 radical (unpaired) electrons. The second-order valence-corrected chi connectivity index (χ2v) is 5.31. The predicted octanol–water partition coefficient (Wildman–Crippen LogP) is 2.86. The number of carbonyl (C=O) groups is 1. The quantitative estimate of drug-likeness (QED) is 0.780. The van der Waals surface area contributed by atoms with Crippen molar-refractivity contribution < 1.29 is 14.3 Å². The van der Waals surface area contributed by atoms with E-state index in [1.807, 2.05) is 52.0 Å². The van der Waals surface area contributed by atoms with E-state index in [1.54, 1.807) is 0 Å². The Bertz CT molecular complexity index is 428. The number of methoxy groups -OCH3 is 1. The zero-order chi connectivity index (χ0) is 15.2. The fourth-order valence-electron chi connectivity index (χ4n) is 2.19. The van der Waals surface area contributed by atoms with Gasteiger partial charge in [-0.2, -0.15) is 0 Å². The zero-order valence-electron chi connectivity index (χ0n) is 13.0. The normalized spacial score (nSPS) is 13.9. The Labute approximate surface area is 121 Å². The summed E-state index contributed by atoms with van der Waals surface area (Å²) < 4.78 is 10.4. The number of esters is 1. The molecule has 0 amide bonds. The lowest BCUT2D eigenvalue weighted by Crippen LogP contribution is -2.41. The molecule has 1 aromatic carbocycles. The highest BCUT2D eigenvalue weighted by molar-refractivity contribution is 5.71. The molecule has 0 heterocycles. The van der Waals surface area contributed by atoms with Gasteiger partial charge in [0.2, 0.25) is 0 Å². The average molecular weight is 279 g/mol. The second kappa shape index (κ2) is 7.29. The molecule has 1 unspecified atom stereocenters. The lowest BCUT2D eigenvalue weighted by atomic mass is 9.88. The van der Waals surface area contributed by atoms with Gasteiger partial charge in [-0.3, -0.25) is 4.79 Å². The smallest absolute Gasteiger partial charge is 0.307 e. The highest BCUT2D eigenvalue weighted by Crippen LogP contribution is 2.27. The van der Waals surface area contributed by atoms with Gasteiger partial charge >= 0.3 is 5.97 Å². The summed E-state index contributed by atoms with van der Waals surface area (Å²) in [6.07, 6.45) is 0.443. The van der Waals surface area contributed by atoms with Gasteiger partial charge in [0.05, 0.1) is 25.2 Å². The van der Waals surface area contributed by atoms with Crippen LogP contribution in [0.15, 0.2) is 24.3 Å². The SMILES string of the molecule is CCNC(C)(CC(=O)OC)c1ccc(OC(C)C)cc1. The number of hydrogen-bond acceptors (Lipinski definition) is 4. The van der Waals surface area contributed by atoms with Crippen molar-refractivity contribution in [2.45, 2.75) is 45.8 Å². The summed E-state index contributed by atoms with van der Waals surface area (Å²) in [5, 5.41) is 3.36. The summed E-state index contributed by atoms with van der Waals surface area (Å²) >= 11 is 0. The van der Waals surface area contributed by atoms with Gasteiger partial charge in [-0.05, 0) is 45.0 Å². The molecule has 4 nitrogen and oxygen atoms in total. The van der Waals surface area contributed by atoms with Crippen LogP contribution in [-0.4, -0.2) is 25.7 Å². The number of nitrogens with one attached hydrogen (secondary N) is 1. The van der Waals surface area contributed by atoms with E-state index in [9.17, 15) is 4.79 Å². The molecule has 0 aliphatic rings. The maximum atomic E-state index is 11.6. The third-order valence-electron chi connectivity index (χ3n) is 3.16. The maximum absolute atomic E-state index is 11.6. The Balaban J connectivity index is 2.93. The monoisotopic (exact) mass is 279 g/mol. The molecule has 1 rings (SSSR count). The molecule has 1 N–H and O–H groups in total. The largest absolute Gasteiger partial charge is 0.491 e. The first-order chi connectivity index (χ1) is 9.41. The van der Waals surface area contributed by atoms with E-state index in [2.05, 4.69) is 5.32 Å². The Hall–Kier alpha value is -1.55. The van der Waals surface area contributed by atoms with Crippen molar-refractivity contribution in [1.82, 2.24) is 5.32 Å². The third kappa shape index (κ3) is 4.53. The molecule has 0 aliphatic heterocycles. The molecule has 0 aliphatic carbocycles. The predicted molar refractivity (Wildman–Crippen MR) is 79.9 cm³/mol. The van der Waals surface area contributed by atoms with Crippen molar-refractivity contribution in [3.8, 4) is 5.75 Å². The van der Waals surface area contributed by atoms with Gasteiger partial charge in [0.25, 0.3) is 0 Å².